The SMILES string of the molecule is CC1CCC(Nc2n[nH]c(/N=C/N(C)C)n2)CC1C. The molecule has 6 nitrogen and oxygen atoms in total. The zero-order valence-electron chi connectivity index (χ0n) is 12.2. The van der Waals surface area contributed by atoms with Crippen LogP contribution in [0.2, 0.25) is 0 Å². The van der Waals surface area contributed by atoms with Crippen molar-refractivity contribution in [2.75, 3.05) is 19.4 Å². The lowest BCUT2D eigenvalue weighted by Crippen LogP contribution is -2.30. The number of hydrogen-bond donors (Lipinski definition) is 2. The summed E-state index contributed by atoms with van der Waals surface area (Å²) in [6.45, 7) is 4.66. The smallest absolute Gasteiger partial charge is 0.248 e. The first-order valence-electron chi connectivity index (χ1n) is 6.94. The number of aliphatic imine (C=N–C) groups is 1. The average molecular weight is 264 g/mol. The van der Waals surface area contributed by atoms with Gasteiger partial charge in [0, 0.05) is 20.1 Å². The van der Waals surface area contributed by atoms with Gasteiger partial charge in [-0.05, 0) is 31.1 Å². The quantitative estimate of drug-likeness (QED) is 0.646. The van der Waals surface area contributed by atoms with Gasteiger partial charge < -0.3 is 10.2 Å². The summed E-state index contributed by atoms with van der Waals surface area (Å²) in [4.78, 5) is 10.4. The molecule has 1 fully saturated rings. The zero-order valence-corrected chi connectivity index (χ0v) is 12.2. The molecule has 3 atom stereocenters. The van der Waals surface area contributed by atoms with E-state index in [0.29, 0.717) is 17.9 Å². The van der Waals surface area contributed by atoms with Crippen molar-refractivity contribution in [3.8, 4) is 0 Å². The summed E-state index contributed by atoms with van der Waals surface area (Å²) in [5.41, 5.74) is 0. The first kappa shape index (κ1) is 13.8. The fourth-order valence-electron chi connectivity index (χ4n) is 2.41. The third kappa shape index (κ3) is 3.94. The van der Waals surface area contributed by atoms with Crippen molar-refractivity contribution < 1.29 is 0 Å². The molecule has 19 heavy (non-hydrogen) atoms. The summed E-state index contributed by atoms with van der Waals surface area (Å²) < 4.78 is 0. The lowest BCUT2D eigenvalue weighted by molar-refractivity contribution is 0.260. The Hall–Kier alpha value is -1.59. The Morgan fingerprint density at radius 3 is 2.79 bits per heavy atom. The van der Waals surface area contributed by atoms with E-state index in [1.807, 2.05) is 19.0 Å². The molecule has 0 radical (unpaired) electrons. The summed E-state index contributed by atoms with van der Waals surface area (Å²) in [5.74, 6) is 2.77. The van der Waals surface area contributed by atoms with Crippen molar-refractivity contribution >= 4 is 18.2 Å². The molecule has 1 heterocycles. The number of rotatable bonds is 4. The summed E-state index contributed by atoms with van der Waals surface area (Å²) in [6.07, 6.45) is 5.35. The van der Waals surface area contributed by atoms with Crippen molar-refractivity contribution in [1.82, 2.24) is 20.1 Å². The molecule has 1 aromatic rings. The van der Waals surface area contributed by atoms with Crippen LogP contribution >= 0.6 is 0 Å². The van der Waals surface area contributed by atoms with Gasteiger partial charge in [-0.25, -0.2) is 10.1 Å². The maximum Gasteiger partial charge on any atom is 0.248 e. The normalized spacial score (nSPS) is 27.7. The predicted octanol–water partition coefficient (Wildman–Crippen LogP) is 2.26. The van der Waals surface area contributed by atoms with Gasteiger partial charge in [0.15, 0.2) is 0 Å². The minimum absolute atomic E-state index is 0.479. The maximum atomic E-state index is 4.32. The summed E-state index contributed by atoms with van der Waals surface area (Å²) in [5, 5.41) is 10.4. The number of anilines is 1. The molecule has 0 bridgehead atoms. The Morgan fingerprint density at radius 2 is 2.11 bits per heavy atom. The van der Waals surface area contributed by atoms with Crippen LogP contribution in [0.25, 0.3) is 0 Å². The van der Waals surface area contributed by atoms with E-state index in [-0.39, 0.29) is 0 Å². The van der Waals surface area contributed by atoms with Gasteiger partial charge in [-0.1, -0.05) is 13.8 Å². The van der Waals surface area contributed by atoms with Crippen LogP contribution in [0.1, 0.15) is 33.1 Å². The Kier molecular flexibility index (Phi) is 4.39. The molecule has 1 aromatic heterocycles. The second-order valence-electron chi connectivity index (χ2n) is 5.80. The van der Waals surface area contributed by atoms with Crippen molar-refractivity contribution in [1.29, 1.82) is 0 Å². The molecule has 2 N–H and O–H groups in total. The van der Waals surface area contributed by atoms with Gasteiger partial charge in [-0.15, -0.1) is 5.10 Å². The van der Waals surface area contributed by atoms with Gasteiger partial charge in [0.05, 0.1) is 6.34 Å². The van der Waals surface area contributed by atoms with Crippen LogP contribution in [0.4, 0.5) is 11.9 Å². The van der Waals surface area contributed by atoms with Gasteiger partial charge in [-0.2, -0.15) is 4.98 Å². The minimum Gasteiger partial charge on any atom is -0.369 e. The van der Waals surface area contributed by atoms with E-state index in [1.165, 1.54) is 19.3 Å². The highest BCUT2D eigenvalue weighted by atomic mass is 15.3. The van der Waals surface area contributed by atoms with Crippen molar-refractivity contribution in [3.63, 3.8) is 0 Å². The van der Waals surface area contributed by atoms with E-state index < -0.39 is 0 Å². The molecule has 0 aliphatic heterocycles. The molecule has 6 heteroatoms. The lowest BCUT2D eigenvalue weighted by atomic mass is 9.79. The van der Waals surface area contributed by atoms with E-state index >= 15 is 0 Å². The number of aromatic amines is 1. The third-order valence-corrected chi connectivity index (χ3v) is 3.82. The van der Waals surface area contributed by atoms with E-state index in [0.717, 1.165) is 11.8 Å². The number of hydrogen-bond acceptors (Lipinski definition) is 4. The maximum absolute atomic E-state index is 4.32. The Labute approximate surface area is 114 Å². The van der Waals surface area contributed by atoms with Crippen molar-refractivity contribution in [3.05, 3.63) is 0 Å². The number of aromatic nitrogens is 3. The highest BCUT2D eigenvalue weighted by molar-refractivity contribution is 5.57. The van der Waals surface area contributed by atoms with Crippen LogP contribution in [0, 0.1) is 11.8 Å². The summed E-state index contributed by atoms with van der Waals surface area (Å²) in [6, 6.07) is 0.479. The van der Waals surface area contributed by atoms with Crippen molar-refractivity contribution in [2.24, 2.45) is 16.8 Å². The Morgan fingerprint density at radius 1 is 1.32 bits per heavy atom. The molecule has 1 saturated carbocycles. The van der Waals surface area contributed by atoms with Gasteiger partial charge in [0.25, 0.3) is 0 Å². The first-order valence-corrected chi connectivity index (χ1v) is 6.94. The predicted molar refractivity (Wildman–Crippen MR) is 77.8 cm³/mol. The molecule has 106 valence electrons. The fraction of sp³-hybridized carbons (Fsp3) is 0.769. The molecule has 2 rings (SSSR count). The largest absolute Gasteiger partial charge is 0.369 e. The van der Waals surface area contributed by atoms with E-state index in [2.05, 4.69) is 39.3 Å². The molecule has 0 saturated heterocycles. The Bertz CT molecular complexity index is 425. The number of H-pyrrole nitrogens is 1. The monoisotopic (exact) mass is 264 g/mol. The highest BCUT2D eigenvalue weighted by Gasteiger charge is 2.25. The molecule has 0 spiro atoms. The minimum atomic E-state index is 0.479. The number of nitrogens with one attached hydrogen (secondary N) is 2. The van der Waals surface area contributed by atoms with Crippen molar-refractivity contribution in [2.45, 2.75) is 39.2 Å². The highest BCUT2D eigenvalue weighted by Crippen LogP contribution is 2.30. The van der Waals surface area contributed by atoms with Gasteiger partial charge in [-0.3, -0.25) is 0 Å². The zero-order chi connectivity index (χ0) is 13.8. The van der Waals surface area contributed by atoms with Gasteiger partial charge in [0.2, 0.25) is 11.9 Å². The second kappa shape index (κ2) is 6.04. The molecular formula is C13H24N6. The van der Waals surface area contributed by atoms with E-state index in [9.17, 15) is 0 Å². The van der Waals surface area contributed by atoms with Gasteiger partial charge in [0.1, 0.15) is 0 Å². The molecule has 0 aromatic carbocycles. The molecular weight excluding hydrogens is 240 g/mol. The second-order valence-corrected chi connectivity index (χ2v) is 5.80. The summed E-state index contributed by atoms with van der Waals surface area (Å²) in [7, 11) is 3.84. The standard InChI is InChI=1S/C13H24N6/c1-9-5-6-11(7-10(9)2)15-13-16-12(17-18-13)14-8-19(3)4/h8-11H,5-7H2,1-4H3,(H2,15,16,17,18)/b14-8+. The molecule has 0 amide bonds. The van der Waals surface area contributed by atoms with Crippen LogP contribution in [0.3, 0.4) is 0 Å². The van der Waals surface area contributed by atoms with Gasteiger partial charge >= 0.3 is 0 Å². The van der Waals surface area contributed by atoms with E-state index in [4.69, 9.17) is 0 Å². The third-order valence-electron chi connectivity index (χ3n) is 3.82. The Balaban J connectivity index is 1.89. The lowest BCUT2D eigenvalue weighted by Gasteiger charge is -2.32. The average Bonchev–Trinajstić information content (AvgIpc) is 2.79. The van der Waals surface area contributed by atoms with E-state index in [1.54, 1.807) is 6.34 Å². The molecule has 1 aliphatic rings. The fourth-order valence-corrected chi connectivity index (χ4v) is 2.41. The van der Waals surface area contributed by atoms with Crippen LogP contribution in [0.15, 0.2) is 4.99 Å². The van der Waals surface area contributed by atoms with Crippen LogP contribution in [0.5, 0.6) is 0 Å². The first-order chi connectivity index (χ1) is 9.04. The number of nitrogens with zero attached hydrogens (tertiary/aromatic N) is 4. The summed E-state index contributed by atoms with van der Waals surface area (Å²) >= 11 is 0. The topological polar surface area (TPSA) is 69.2 Å². The molecule has 3 unspecified atom stereocenters. The molecule has 1 aliphatic carbocycles. The van der Waals surface area contributed by atoms with Crippen LogP contribution in [-0.2, 0) is 0 Å². The van der Waals surface area contributed by atoms with Crippen LogP contribution < -0.4 is 5.32 Å². The van der Waals surface area contributed by atoms with Crippen LogP contribution in [-0.4, -0.2) is 46.6 Å².